The first kappa shape index (κ1) is 13.5. The Morgan fingerprint density at radius 1 is 1.32 bits per heavy atom. The third-order valence-electron chi connectivity index (χ3n) is 3.32. The lowest BCUT2D eigenvalue weighted by molar-refractivity contribution is -0.148. The minimum Gasteiger partial charge on any atom is -0.481 e. The molecule has 0 radical (unpaired) electrons. The van der Waals surface area contributed by atoms with Gasteiger partial charge in [0, 0.05) is 18.8 Å². The lowest BCUT2D eigenvalue weighted by atomic mass is 10.0. The second-order valence-corrected chi connectivity index (χ2v) is 4.83. The van der Waals surface area contributed by atoms with Crippen molar-refractivity contribution in [2.75, 3.05) is 25.0 Å². The molecule has 5 nitrogen and oxygen atoms in total. The van der Waals surface area contributed by atoms with Gasteiger partial charge in [0.05, 0.1) is 12.5 Å². The van der Waals surface area contributed by atoms with E-state index in [1.54, 1.807) is 0 Å². The molecule has 0 aromatic heterocycles. The number of carboxylic acids is 1. The Kier molecular flexibility index (Phi) is 4.16. The highest BCUT2D eigenvalue weighted by atomic mass is 16.4. The van der Waals surface area contributed by atoms with Gasteiger partial charge in [-0.25, -0.2) is 0 Å². The van der Waals surface area contributed by atoms with Crippen LogP contribution in [0.4, 0.5) is 5.69 Å². The van der Waals surface area contributed by atoms with E-state index >= 15 is 0 Å². The monoisotopic (exact) mass is 262 g/mol. The quantitative estimate of drug-likeness (QED) is 0.836. The molecule has 2 rings (SSSR count). The summed E-state index contributed by atoms with van der Waals surface area (Å²) in [6.45, 7) is 3.24. The van der Waals surface area contributed by atoms with Gasteiger partial charge in [0.2, 0.25) is 5.91 Å². The maximum Gasteiger partial charge on any atom is 0.309 e. The second kappa shape index (κ2) is 5.84. The zero-order valence-corrected chi connectivity index (χ0v) is 10.9. The standard InChI is InChI=1S/C14H18N2O3/c1-2-10-3-5-12(6-4-10)15-13(17)9-16-7-11(8-16)14(18)19/h3-6,11H,2,7-9H2,1H3,(H,15,17)(H,18,19). The van der Waals surface area contributed by atoms with Gasteiger partial charge in [0.15, 0.2) is 0 Å². The minimum atomic E-state index is -0.785. The average molecular weight is 262 g/mol. The first-order valence-corrected chi connectivity index (χ1v) is 6.42. The summed E-state index contributed by atoms with van der Waals surface area (Å²) in [5, 5.41) is 11.6. The largest absolute Gasteiger partial charge is 0.481 e. The van der Waals surface area contributed by atoms with E-state index in [0.29, 0.717) is 13.1 Å². The van der Waals surface area contributed by atoms with Crippen LogP contribution in [0.2, 0.25) is 0 Å². The molecule has 0 bridgehead atoms. The predicted molar refractivity (Wildman–Crippen MR) is 72.0 cm³/mol. The molecule has 1 amide bonds. The van der Waals surface area contributed by atoms with Crippen LogP contribution in [0, 0.1) is 5.92 Å². The molecular formula is C14H18N2O3. The molecule has 1 aliphatic heterocycles. The van der Waals surface area contributed by atoms with Gasteiger partial charge in [-0.05, 0) is 24.1 Å². The highest BCUT2D eigenvalue weighted by Gasteiger charge is 2.33. The fraction of sp³-hybridized carbons (Fsp3) is 0.429. The molecule has 0 spiro atoms. The van der Waals surface area contributed by atoms with Crippen molar-refractivity contribution in [3.63, 3.8) is 0 Å². The van der Waals surface area contributed by atoms with Gasteiger partial charge in [0.1, 0.15) is 0 Å². The van der Waals surface area contributed by atoms with Crippen LogP contribution in [0.5, 0.6) is 0 Å². The van der Waals surface area contributed by atoms with Gasteiger partial charge < -0.3 is 10.4 Å². The maximum absolute atomic E-state index is 11.7. The summed E-state index contributed by atoms with van der Waals surface area (Å²) in [6.07, 6.45) is 0.971. The van der Waals surface area contributed by atoms with Gasteiger partial charge in [-0.1, -0.05) is 19.1 Å². The van der Waals surface area contributed by atoms with Crippen LogP contribution >= 0.6 is 0 Å². The zero-order valence-electron chi connectivity index (χ0n) is 10.9. The third-order valence-corrected chi connectivity index (χ3v) is 3.32. The summed E-state index contributed by atoms with van der Waals surface area (Å²) in [4.78, 5) is 24.2. The lowest BCUT2D eigenvalue weighted by Gasteiger charge is -2.35. The summed E-state index contributed by atoms with van der Waals surface area (Å²) in [5.74, 6) is -1.21. The van der Waals surface area contributed by atoms with E-state index in [2.05, 4.69) is 12.2 Å². The molecule has 1 aromatic rings. The number of carboxylic acid groups (broad SMARTS) is 1. The molecule has 2 N–H and O–H groups in total. The number of nitrogens with one attached hydrogen (secondary N) is 1. The van der Waals surface area contributed by atoms with Crippen molar-refractivity contribution in [1.82, 2.24) is 4.90 Å². The van der Waals surface area contributed by atoms with Gasteiger partial charge in [-0.15, -0.1) is 0 Å². The summed E-state index contributed by atoms with van der Waals surface area (Å²) in [5.41, 5.74) is 2.00. The average Bonchev–Trinajstić information content (AvgIpc) is 2.33. The van der Waals surface area contributed by atoms with Crippen LogP contribution < -0.4 is 5.32 Å². The molecule has 5 heteroatoms. The van der Waals surface area contributed by atoms with Crippen molar-refractivity contribution in [3.8, 4) is 0 Å². The normalized spacial score (nSPS) is 15.8. The number of carbonyl (C=O) groups is 2. The number of carbonyl (C=O) groups excluding carboxylic acids is 1. The van der Waals surface area contributed by atoms with Crippen LogP contribution in [0.3, 0.4) is 0 Å². The SMILES string of the molecule is CCc1ccc(NC(=O)CN2CC(C(=O)O)C2)cc1. The lowest BCUT2D eigenvalue weighted by Crippen LogP contribution is -2.52. The topological polar surface area (TPSA) is 69.6 Å². The van der Waals surface area contributed by atoms with E-state index in [4.69, 9.17) is 5.11 Å². The van der Waals surface area contributed by atoms with Gasteiger partial charge in [-0.2, -0.15) is 0 Å². The molecule has 1 saturated heterocycles. The first-order chi connectivity index (χ1) is 9.08. The number of hydrogen-bond donors (Lipinski definition) is 2. The van der Waals surface area contributed by atoms with E-state index in [-0.39, 0.29) is 18.4 Å². The molecule has 0 saturated carbocycles. The highest BCUT2D eigenvalue weighted by Crippen LogP contribution is 2.15. The number of nitrogens with zero attached hydrogens (tertiary/aromatic N) is 1. The minimum absolute atomic E-state index is 0.104. The Morgan fingerprint density at radius 2 is 1.95 bits per heavy atom. The van der Waals surface area contributed by atoms with Crippen molar-refractivity contribution in [2.45, 2.75) is 13.3 Å². The van der Waals surface area contributed by atoms with Crippen molar-refractivity contribution in [1.29, 1.82) is 0 Å². The Hall–Kier alpha value is -1.88. The summed E-state index contributed by atoms with van der Waals surface area (Å²) in [6, 6.07) is 7.74. The van der Waals surface area contributed by atoms with Crippen molar-refractivity contribution in [2.24, 2.45) is 5.92 Å². The van der Waals surface area contributed by atoms with Crippen LogP contribution in [0.1, 0.15) is 12.5 Å². The molecule has 0 aliphatic carbocycles. The molecule has 0 atom stereocenters. The van der Waals surface area contributed by atoms with E-state index in [1.807, 2.05) is 29.2 Å². The number of anilines is 1. The molecule has 19 heavy (non-hydrogen) atoms. The fourth-order valence-corrected chi connectivity index (χ4v) is 2.08. The molecule has 1 fully saturated rings. The Labute approximate surface area is 112 Å². The third kappa shape index (κ3) is 3.54. The van der Waals surface area contributed by atoms with Crippen LogP contribution in [0.25, 0.3) is 0 Å². The Bertz CT molecular complexity index is 464. The van der Waals surface area contributed by atoms with E-state index in [0.717, 1.165) is 12.1 Å². The highest BCUT2D eigenvalue weighted by molar-refractivity contribution is 5.92. The number of amides is 1. The maximum atomic E-state index is 11.7. The molecule has 1 heterocycles. The van der Waals surface area contributed by atoms with Crippen molar-refractivity contribution >= 4 is 17.6 Å². The van der Waals surface area contributed by atoms with Gasteiger partial charge in [-0.3, -0.25) is 14.5 Å². The number of hydrogen-bond acceptors (Lipinski definition) is 3. The van der Waals surface area contributed by atoms with Crippen molar-refractivity contribution < 1.29 is 14.7 Å². The van der Waals surface area contributed by atoms with E-state index in [9.17, 15) is 9.59 Å². The van der Waals surface area contributed by atoms with Crippen LogP contribution in [-0.2, 0) is 16.0 Å². The van der Waals surface area contributed by atoms with Crippen molar-refractivity contribution in [3.05, 3.63) is 29.8 Å². The number of likely N-dealkylation sites (tertiary alicyclic amines) is 1. The molecule has 1 aromatic carbocycles. The predicted octanol–water partition coefficient (Wildman–Crippen LogP) is 1.20. The van der Waals surface area contributed by atoms with Gasteiger partial charge >= 0.3 is 5.97 Å². The fourth-order valence-electron chi connectivity index (χ4n) is 2.08. The van der Waals surface area contributed by atoms with Crippen LogP contribution in [0.15, 0.2) is 24.3 Å². The Balaban J connectivity index is 1.77. The first-order valence-electron chi connectivity index (χ1n) is 6.42. The van der Waals surface area contributed by atoms with E-state index < -0.39 is 5.97 Å². The van der Waals surface area contributed by atoms with Crippen LogP contribution in [-0.4, -0.2) is 41.5 Å². The van der Waals surface area contributed by atoms with Gasteiger partial charge in [0.25, 0.3) is 0 Å². The summed E-state index contributed by atoms with van der Waals surface area (Å²) in [7, 11) is 0. The number of benzene rings is 1. The summed E-state index contributed by atoms with van der Waals surface area (Å²) < 4.78 is 0. The smallest absolute Gasteiger partial charge is 0.309 e. The number of aliphatic carboxylic acids is 1. The second-order valence-electron chi connectivity index (χ2n) is 4.83. The Morgan fingerprint density at radius 3 is 2.47 bits per heavy atom. The number of rotatable bonds is 5. The number of aryl methyl sites for hydroxylation is 1. The summed E-state index contributed by atoms with van der Waals surface area (Å²) >= 11 is 0. The molecule has 0 unspecified atom stereocenters. The zero-order chi connectivity index (χ0) is 13.8. The van der Waals surface area contributed by atoms with E-state index in [1.165, 1.54) is 5.56 Å². The molecular weight excluding hydrogens is 244 g/mol. The molecule has 1 aliphatic rings. The molecule has 102 valence electrons.